The molecule has 0 unspecified atom stereocenters. The van der Waals surface area contributed by atoms with Gasteiger partial charge in [0.2, 0.25) is 0 Å². The molecule has 1 aromatic carbocycles. The number of halogens is 2. The molecule has 25 heavy (non-hydrogen) atoms. The number of rotatable bonds is 5. The van der Waals surface area contributed by atoms with Gasteiger partial charge in [0.1, 0.15) is 11.5 Å². The van der Waals surface area contributed by atoms with Crippen LogP contribution in [0.15, 0.2) is 35.0 Å². The van der Waals surface area contributed by atoms with Crippen molar-refractivity contribution in [2.75, 3.05) is 32.7 Å². The normalized spacial score (nSPS) is 16.4. The van der Waals surface area contributed by atoms with Crippen LogP contribution in [0.4, 0.5) is 4.39 Å². The van der Waals surface area contributed by atoms with Crippen molar-refractivity contribution in [3.63, 3.8) is 0 Å². The van der Waals surface area contributed by atoms with Gasteiger partial charge in [0, 0.05) is 37.4 Å². The monoisotopic (exact) mass is 366 g/mol. The zero-order valence-corrected chi connectivity index (χ0v) is 14.6. The molecule has 0 spiro atoms. The zero-order chi connectivity index (χ0) is 18.6. The summed E-state index contributed by atoms with van der Waals surface area (Å²) in [6.45, 7) is 3.54. The van der Waals surface area contributed by atoms with Crippen molar-refractivity contribution in [1.29, 1.82) is 5.41 Å². The van der Waals surface area contributed by atoms with Crippen molar-refractivity contribution in [3.05, 3.63) is 46.4 Å². The molecule has 0 saturated carbocycles. The van der Waals surface area contributed by atoms with Gasteiger partial charge in [-0.1, -0.05) is 11.6 Å². The predicted octanol–water partition coefficient (Wildman–Crippen LogP) is 1.60. The largest absolute Gasteiger partial charge is 0.401 e. The van der Waals surface area contributed by atoms with E-state index in [2.05, 4.69) is 0 Å². The van der Waals surface area contributed by atoms with Crippen LogP contribution >= 0.6 is 11.6 Å². The summed E-state index contributed by atoms with van der Waals surface area (Å²) in [6.07, 6.45) is 0. The molecule has 3 N–H and O–H groups in total. The molecule has 0 bridgehead atoms. The Labute approximate surface area is 150 Å². The Kier molecular flexibility index (Phi) is 6.27. The molecule has 134 valence electrons. The van der Waals surface area contributed by atoms with E-state index in [4.69, 9.17) is 22.7 Å². The Bertz CT molecular complexity index is 706. The van der Waals surface area contributed by atoms with Gasteiger partial charge in [-0.15, -0.1) is 0 Å². The summed E-state index contributed by atoms with van der Waals surface area (Å²) in [4.78, 5) is 27.9. The lowest BCUT2D eigenvalue weighted by Crippen LogP contribution is -2.51. The third kappa shape index (κ3) is 4.87. The maximum absolute atomic E-state index is 12.9. The molecule has 0 radical (unpaired) electrons. The van der Waals surface area contributed by atoms with Crippen LogP contribution in [0.2, 0.25) is 0 Å². The molecule has 8 heteroatoms. The van der Waals surface area contributed by atoms with Gasteiger partial charge in [0.15, 0.2) is 5.78 Å². The van der Waals surface area contributed by atoms with Gasteiger partial charge in [-0.05, 0) is 31.2 Å². The standard InChI is InChI=1S/C17H20ClFN4O2/c1-11(20)15(18)16(21)17(25)23-8-6-22(7-9-23)10-14(24)12-2-4-13(19)5-3-12/h2-5,21H,6-10,20H2,1H3/b15-11+,21-16?. The molecular formula is C17H20ClFN4O2. The third-order valence-corrected chi connectivity index (χ3v) is 4.46. The first-order chi connectivity index (χ1) is 11.8. The highest BCUT2D eigenvalue weighted by molar-refractivity contribution is 6.58. The first kappa shape index (κ1) is 19.1. The second-order valence-electron chi connectivity index (χ2n) is 5.87. The summed E-state index contributed by atoms with van der Waals surface area (Å²) < 4.78 is 12.9. The fraction of sp³-hybridized carbons (Fsp3) is 0.353. The van der Waals surface area contributed by atoms with Gasteiger partial charge < -0.3 is 10.6 Å². The second kappa shape index (κ2) is 8.22. The van der Waals surface area contributed by atoms with E-state index in [1.54, 1.807) is 0 Å². The summed E-state index contributed by atoms with van der Waals surface area (Å²) in [7, 11) is 0. The number of allylic oxidation sites excluding steroid dienone is 1. The number of nitrogens with two attached hydrogens (primary N) is 1. The number of ketones is 1. The van der Waals surface area contributed by atoms with E-state index >= 15 is 0 Å². The van der Waals surface area contributed by atoms with Gasteiger partial charge in [0.05, 0.1) is 11.6 Å². The quantitative estimate of drug-likeness (QED) is 0.611. The number of amides is 1. The lowest BCUT2D eigenvalue weighted by molar-refractivity contribution is -0.125. The van der Waals surface area contributed by atoms with Crippen molar-refractivity contribution >= 4 is 29.0 Å². The number of hydrogen-bond donors (Lipinski definition) is 2. The van der Waals surface area contributed by atoms with E-state index in [1.807, 2.05) is 4.90 Å². The molecule has 0 aromatic heterocycles. The fourth-order valence-electron chi connectivity index (χ4n) is 2.49. The zero-order valence-electron chi connectivity index (χ0n) is 13.9. The second-order valence-corrected chi connectivity index (χ2v) is 6.25. The van der Waals surface area contributed by atoms with Gasteiger partial charge >= 0.3 is 0 Å². The Morgan fingerprint density at radius 3 is 2.28 bits per heavy atom. The van der Waals surface area contributed by atoms with E-state index in [9.17, 15) is 14.0 Å². The molecular weight excluding hydrogens is 347 g/mol. The minimum atomic E-state index is -0.473. The van der Waals surface area contributed by atoms with Crippen molar-refractivity contribution in [2.24, 2.45) is 5.73 Å². The minimum Gasteiger partial charge on any atom is -0.401 e. The van der Waals surface area contributed by atoms with Crippen molar-refractivity contribution in [3.8, 4) is 0 Å². The van der Waals surface area contributed by atoms with Crippen LogP contribution in [-0.2, 0) is 4.79 Å². The number of piperazine rings is 1. The molecule has 0 atom stereocenters. The Hall–Kier alpha value is -2.25. The van der Waals surface area contributed by atoms with Crippen LogP contribution in [0.25, 0.3) is 0 Å². The Morgan fingerprint density at radius 1 is 1.20 bits per heavy atom. The molecule has 1 aliphatic heterocycles. The number of nitrogens with zero attached hydrogens (tertiary/aromatic N) is 2. The maximum Gasteiger partial charge on any atom is 0.273 e. The van der Waals surface area contributed by atoms with Crippen LogP contribution in [0, 0.1) is 11.2 Å². The smallest absolute Gasteiger partial charge is 0.273 e. The fourth-order valence-corrected chi connectivity index (χ4v) is 2.57. The topological polar surface area (TPSA) is 90.5 Å². The number of nitrogens with one attached hydrogen (secondary N) is 1. The van der Waals surface area contributed by atoms with Gasteiger partial charge in [-0.3, -0.25) is 19.9 Å². The van der Waals surface area contributed by atoms with Crippen molar-refractivity contribution in [1.82, 2.24) is 9.80 Å². The summed E-state index contributed by atoms with van der Waals surface area (Å²) >= 11 is 5.86. The highest BCUT2D eigenvalue weighted by Crippen LogP contribution is 2.12. The lowest BCUT2D eigenvalue weighted by atomic mass is 10.1. The Balaban J connectivity index is 1.88. The summed E-state index contributed by atoms with van der Waals surface area (Å²) in [5.74, 6) is -0.955. The van der Waals surface area contributed by atoms with Gasteiger partial charge in [0.25, 0.3) is 5.91 Å². The van der Waals surface area contributed by atoms with E-state index in [0.717, 1.165) is 0 Å². The van der Waals surface area contributed by atoms with Crippen LogP contribution < -0.4 is 5.73 Å². The highest BCUT2D eigenvalue weighted by atomic mass is 35.5. The van der Waals surface area contributed by atoms with Crippen LogP contribution in [0.3, 0.4) is 0 Å². The molecule has 1 aliphatic rings. The van der Waals surface area contributed by atoms with E-state index in [1.165, 1.54) is 36.1 Å². The van der Waals surface area contributed by atoms with Crippen LogP contribution in [0.5, 0.6) is 0 Å². The number of benzene rings is 1. The molecule has 1 aromatic rings. The lowest BCUT2D eigenvalue weighted by Gasteiger charge is -2.34. The van der Waals surface area contributed by atoms with E-state index in [-0.39, 0.29) is 34.6 Å². The van der Waals surface area contributed by atoms with Crippen molar-refractivity contribution < 1.29 is 14.0 Å². The SMILES string of the molecule is C/C(N)=C(\Cl)C(=N)C(=O)N1CCN(CC(=O)c2ccc(F)cc2)CC1. The average Bonchev–Trinajstić information content (AvgIpc) is 2.60. The molecule has 1 heterocycles. The number of carbonyl (C=O) groups is 2. The van der Waals surface area contributed by atoms with Crippen molar-refractivity contribution in [2.45, 2.75) is 6.92 Å². The van der Waals surface area contributed by atoms with Gasteiger partial charge in [-0.25, -0.2) is 4.39 Å². The molecule has 1 saturated heterocycles. The number of hydrogen-bond acceptors (Lipinski definition) is 5. The first-order valence-electron chi connectivity index (χ1n) is 7.80. The van der Waals surface area contributed by atoms with E-state index < -0.39 is 5.91 Å². The Morgan fingerprint density at radius 2 is 1.76 bits per heavy atom. The molecule has 1 fully saturated rings. The molecule has 1 amide bonds. The maximum atomic E-state index is 12.9. The molecule has 2 rings (SSSR count). The predicted molar refractivity (Wildman–Crippen MR) is 94.2 cm³/mol. The molecule has 0 aliphatic carbocycles. The van der Waals surface area contributed by atoms with Gasteiger partial charge in [-0.2, -0.15) is 0 Å². The average molecular weight is 367 g/mol. The summed E-state index contributed by atoms with van der Waals surface area (Å²) in [5, 5.41) is 7.76. The highest BCUT2D eigenvalue weighted by Gasteiger charge is 2.26. The summed E-state index contributed by atoms with van der Waals surface area (Å²) in [6, 6.07) is 5.43. The molecule has 6 nitrogen and oxygen atoms in total. The third-order valence-electron chi connectivity index (χ3n) is 3.97. The van der Waals surface area contributed by atoms with E-state index in [0.29, 0.717) is 31.7 Å². The van der Waals surface area contributed by atoms with Crippen LogP contribution in [0.1, 0.15) is 17.3 Å². The first-order valence-corrected chi connectivity index (χ1v) is 8.18. The number of Topliss-reactive ketones (excluding diaryl/α,β-unsaturated/α-hetero) is 1. The number of carbonyl (C=O) groups excluding carboxylic acids is 2. The summed E-state index contributed by atoms with van der Waals surface area (Å²) in [5.41, 5.74) is 5.87. The van der Waals surface area contributed by atoms with Crippen LogP contribution in [-0.4, -0.2) is 59.9 Å². The minimum absolute atomic E-state index is 0.0427.